The second-order valence-corrected chi connectivity index (χ2v) is 5.82. The molecular weight excluding hydrogens is 258 g/mol. The number of piperazine rings is 1. The number of thiazole rings is 1. The maximum absolute atomic E-state index is 8.93. The van der Waals surface area contributed by atoms with Crippen LogP contribution in [0.4, 0.5) is 0 Å². The van der Waals surface area contributed by atoms with Crippen LogP contribution in [0.5, 0.6) is 0 Å². The highest BCUT2D eigenvalue weighted by molar-refractivity contribution is 7.15. The Hall–Kier alpha value is -1.42. The zero-order valence-electron chi connectivity index (χ0n) is 11.0. The Labute approximate surface area is 116 Å². The van der Waals surface area contributed by atoms with E-state index in [1.165, 1.54) is 0 Å². The Kier molecular flexibility index (Phi) is 3.51. The minimum absolute atomic E-state index is 0.0279. The van der Waals surface area contributed by atoms with Crippen molar-refractivity contribution in [2.75, 3.05) is 26.2 Å². The summed E-state index contributed by atoms with van der Waals surface area (Å²) in [5, 5.41) is 11.0. The molecule has 5 nitrogen and oxygen atoms in total. The number of nitrogens with zero attached hydrogens (tertiary/aromatic N) is 5. The summed E-state index contributed by atoms with van der Waals surface area (Å²) in [6.07, 6.45) is 4.15. The number of fused-ring (bicyclic) bond motifs is 1. The molecule has 1 aliphatic heterocycles. The van der Waals surface area contributed by atoms with Gasteiger partial charge in [0.05, 0.1) is 17.8 Å². The van der Waals surface area contributed by atoms with Crippen molar-refractivity contribution in [2.45, 2.75) is 19.5 Å². The SMILES string of the molecule is CC(C#N)N1CCN(Cc2cn3ccsc3n2)CC1. The third-order valence-corrected chi connectivity index (χ3v) is 4.44. The first-order valence-corrected chi connectivity index (χ1v) is 7.41. The number of imidazole rings is 1. The predicted octanol–water partition coefficient (Wildman–Crippen LogP) is 1.43. The average Bonchev–Trinajstić information content (AvgIpc) is 2.99. The molecule has 1 saturated heterocycles. The van der Waals surface area contributed by atoms with Crippen molar-refractivity contribution in [3.63, 3.8) is 0 Å². The number of aromatic nitrogens is 2. The Balaban J connectivity index is 1.58. The monoisotopic (exact) mass is 275 g/mol. The number of nitriles is 1. The average molecular weight is 275 g/mol. The standard InChI is InChI=1S/C13H17N5S/c1-11(8-14)17-4-2-16(3-5-17)9-12-10-18-6-7-19-13(18)15-12/h6-7,10-11H,2-5,9H2,1H3. The van der Waals surface area contributed by atoms with Gasteiger partial charge in [0.2, 0.25) is 0 Å². The number of rotatable bonds is 3. The molecule has 0 aliphatic carbocycles. The van der Waals surface area contributed by atoms with Gasteiger partial charge in [-0.25, -0.2) is 4.98 Å². The van der Waals surface area contributed by atoms with Crippen molar-refractivity contribution in [3.8, 4) is 6.07 Å². The van der Waals surface area contributed by atoms with Gasteiger partial charge in [0.25, 0.3) is 0 Å². The van der Waals surface area contributed by atoms with E-state index in [1.54, 1.807) is 11.3 Å². The summed E-state index contributed by atoms with van der Waals surface area (Å²) in [5.41, 5.74) is 1.13. The summed E-state index contributed by atoms with van der Waals surface area (Å²) >= 11 is 1.67. The fourth-order valence-electron chi connectivity index (χ4n) is 2.47. The molecule has 1 unspecified atom stereocenters. The van der Waals surface area contributed by atoms with E-state index in [0.29, 0.717) is 0 Å². The Morgan fingerprint density at radius 2 is 2.21 bits per heavy atom. The van der Waals surface area contributed by atoms with E-state index in [-0.39, 0.29) is 6.04 Å². The van der Waals surface area contributed by atoms with Crippen LogP contribution in [-0.2, 0) is 6.54 Å². The molecule has 1 aliphatic rings. The summed E-state index contributed by atoms with van der Waals surface area (Å²) in [5.74, 6) is 0. The highest BCUT2D eigenvalue weighted by Gasteiger charge is 2.21. The molecule has 1 atom stereocenters. The lowest BCUT2D eigenvalue weighted by atomic mass is 10.2. The largest absolute Gasteiger partial charge is 0.297 e. The Morgan fingerprint density at radius 1 is 1.42 bits per heavy atom. The van der Waals surface area contributed by atoms with Crippen LogP contribution in [0.3, 0.4) is 0 Å². The highest BCUT2D eigenvalue weighted by atomic mass is 32.1. The summed E-state index contributed by atoms with van der Waals surface area (Å²) in [6.45, 7) is 6.84. The molecule has 1 fully saturated rings. The second kappa shape index (κ2) is 5.29. The quantitative estimate of drug-likeness (QED) is 0.850. The van der Waals surface area contributed by atoms with E-state index in [9.17, 15) is 0 Å². The first-order valence-electron chi connectivity index (χ1n) is 6.53. The second-order valence-electron chi connectivity index (χ2n) is 4.94. The number of hydrogen-bond donors (Lipinski definition) is 0. The van der Waals surface area contributed by atoms with Crippen molar-refractivity contribution in [2.24, 2.45) is 0 Å². The number of hydrogen-bond acceptors (Lipinski definition) is 5. The van der Waals surface area contributed by atoms with E-state index in [4.69, 9.17) is 5.26 Å². The van der Waals surface area contributed by atoms with E-state index in [0.717, 1.165) is 43.4 Å². The van der Waals surface area contributed by atoms with E-state index < -0.39 is 0 Å². The van der Waals surface area contributed by atoms with Gasteiger partial charge in [-0.05, 0) is 6.92 Å². The fourth-order valence-corrected chi connectivity index (χ4v) is 3.19. The van der Waals surface area contributed by atoms with Crippen LogP contribution in [0.2, 0.25) is 0 Å². The smallest absolute Gasteiger partial charge is 0.193 e. The molecular formula is C13H17N5S. The van der Waals surface area contributed by atoms with Gasteiger partial charge in [-0.1, -0.05) is 0 Å². The molecule has 0 saturated carbocycles. The molecule has 6 heteroatoms. The maximum atomic E-state index is 8.93. The van der Waals surface area contributed by atoms with Crippen LogP contribution in [0.25, 0.3) is 4.96 Å². The molecule has 0 aromatic carbocycles. The van der Waals surface area contributed by atoms with Gasteiger partial charge in [-0.15, -0.1) is 11.3 Å². The van der Waals surface area contributed by atoms with Crippen LogP contribution >= 0.6 is 11.3 Å². The third-order valence-electron chi connectivity index (χ3n) is 3.67. The van der Waals surface area contributed by atoms with E-state index in [1.807, 2.05) is 18.5 Å². The summed E-state index contributed by atoms with van der Waals surface area (Å²) in [7, 11) is 0. The molecule has 3 heterocycles. The lowest BCUT2D eigenvalue weighted by Crippen LogP contribution is -2.48. The molecule has 2 aromatic heterocycles. The van der Waals surface area contributed by atoms with Gasteiger partial charge in [0, 0.05) is 50.5 Å². The minimum atomic E-state index is 0.0279. The molecule has 0 N–H and O–H groups in total. The molecule has 3 rings (SSSR count). The van der Waals surface area contributed by atoms with Gasteiger partial charge in [-0.3, -0.25) is 14.2 Å². The molecule has 0 amide bonds. The van der Waals surface area contributed by atoms with Crippen LogP contribution in [-0.4, -0.2) is 51.4 Å². The highest BCUT2D eigenvalue weighted by Crippen LogP contribution is 2.14. The van der Waals surface area contributed by atoms with Crippen molar-refractivity contribution in [3.05, 3.63) is 23.5 Å². The van der Waals surface area contributed by atoms with Gasteiger partial charge in [0.1, 0.15) is 0 Å². The van der Waals surface area contributed by atoms with Crippen LogP contribution in [0.15, 0.2) is 17.8 Å². The van der Waals surface area contributed by atoms with Crippen LogP contribution < -0.4 is 0 Å². The van der Waals surface area contributed by atoms with E-state index in [2.05, 4.69) is 31.5 Å². The normalized spacial score (nSPS) is 19.6. The Bertz CT molecular complexity index is 559. The topological polar surface area (TPSA) is 47.6 Å². The summed E-state index contributed by atoms with van der Waals surface area (Å²) < 4.78 is 2.08. The zero-order chi connectivity index (χ0) is 13.2. The third kappa shape index (κ3) is 2.63. The molecule has 19 heavy (non-hydrogen) atoms. The summed E-state index contributed by atoms with van der Waals surface area (Å²) in [6, 6.07) is 2.33. The van der Waals surface area contributed by atoms with Crippen LogP contribution in [0, 0.1) is 11.3 Å². The van der Waals surface area contributed by atoms with Gasteiger partial charge in [0.15, 0.2) is 4.96 Å². The lowest BCUT2D eigenvalue weighted by Gasteiger charge is -2.35. The minimum Gasteiger partial charge on any atom is -0.297 e. The van der Waals surface area contributed by atoms with Crippen molar-refractivity contribution in [1.29, 1.82) is 5.26 Å². The van der Waals surface area contributed by atoms with E-state index >= 15 is 0 Å². The first-order chi connectivity index (χ1) is 9.26. The Morgan fingerprint density at radius 3 is 2.89 bits per heavy atom. The van der Waals surface area contributed by atoms with Gasteiger partial charge < -0.3 is 0 Å². The molecule has 2 aromatic rings. The molecule has 100 valence electrons. The van der Waals surface area contributed by atoms with Crippen molar-refractivity contribution < 1.29 is 0 Å². The van der Waals surface area contributed by atoms with Crippen LogP contribution in [0.1, 0.15) is 12.6 Å². The lowest BCUT2D eigenvalue weighted by molar-refractivity contribution is 0.113. The molecule has 0 radical (unpaired) electrons. The molecule has 0 spiro atoms. The van der Waals surface area contributed by atoms with Crippen molar-refractivity contribution in [1.82, 2.24) is 19.2 Å². The summed E-state index contributed by atoms with van der Waals surface area (Å²) in [4.78, 5) is 10.3. The maximum Gasteiger partial charge on any atom is 0.193 e. The van der Waals surface area contributed by atoms with Gasteiger partial charge in [-0.2, -0.15) is 5.26 Å². The fraction of sp³-hybridized carbons (Fsp3) is 0.538. The van der Waals surface area contributed by atoms with Gasteiger partial charge >= 0.3 is 0 Å². The zero-order valence-corrected chi connectivity index (χ0v) is 11.8. The van der Waals surface area contributed by atoms with Crippen molar-refractivity contribution >= 4 is 16.3 Å². The first kappa shape index (κ1) is 12.6. The molecule has 0 bridgehead atoms. The predicted molar refractivity (Wildman–Crippen MR) is 75.0 cm³/mol.